The number of thiazole rings is 1. The second-order valence-electron chi connectivity index (χ2n) is 5.82. The number of rotatable bonds is 8. The standard InChI is InChI=1S/C21H19FN2O3S/c1-3-9-27-18-8-7-15(11-19(18)26-2)21-24-17(13-28-21)20(25)23-12-14-5-4-6-16(22)10-14/h3-8,10-11,13H,1,9,12H2,2H3,(H,23,25). The number of halogens is 1. The van der Waals surface area contributed by atoms with Gasteiger partial charge >= 0.3 is 0 Å². The molecule has 0 aliphatic carbocycles. The molecule has 0 saturated carbocycles. The van der Waals surface area contributed by atoms with Crippen molar-refractivity contribution in [2.45, 2.75) is 6.54 Å². The van der Waals surface area contributed by atoms with Gasteiger partial charge in [-0.2, -0.15) is 0 Å². The van der Waals surface area contributed by atoms with Crippen LogP contribution in [0.1, 0.15) is 16.1 Å². The molecule has 0 radical (unpaired) electrons. The van der Waals surface area contributed by atoms with Crippen LogP contribution in [0, 0.1) is 5.82 Å². The highest BCUT2D eigenvalue weighted by Crippen LogP contribution is 2.33. The zero-order valence-corrected chi connectivity index (χ0v) is 16.1. The van der Waals surface area contributed by atoms with Gasteiger partial charge in [-0.05, 0) is 35.9 Å². The van der Waals surface area contributed by atoms with Crippen LogP contribution < -0.4 is 14.8 Å². The average molecular weight is 398 g/mol. The number of hydrogen-bond donors (Lipinski definition) is 1. The fraction of sp³-hybridized carbons (Fsp3) is 0.143. The lowest BCUT2D eigenvalue weighted by Crippen LogP contribution is -2.23. The number of benzene rings is 2. The topological polar surface area (TPSA) is 60.5 Å². The van der Waals surface area contributed by atoms with E-state index in [0.717, 1.165) is 5.56 Å². The number of nitrogens with one attached hydrogen (secondary N) is 1. The summed E-state index contributed by atoms with van der Waals surface area (Å²) >= 11 is 1.35. The summed E-state index contributed by atoms with van der Waals surface area (Å²) in [6.07, 6.45) is 1.66. The van der Waals surface area contributed by atoms with Crippen molar-refractivity contribution >= 4 is 17.2 Å². The van der Waals surface area contributed by atoms with Gasteiger partial charge in [-0.25, -0.2) is 9.37 Å². The third-order valence-corrected chi connectivity index (χ3v) is 4.74. The second kappa shape index (κ2) is 9.14. The quantitative estimate of drug-likeness (QED) is 0.570. The molecule has 1 amide bonds. The monoisotopic (exact) mass is 398 g/mol. The molecule has 1 N–H and O–H groups in total. The maximum atomic E-state index is 13.2. The number of ether oxygens (including phenoxy) is 2. The number of carbonyl (C=O) groups is 1. The number of nitrogens with zero attached hydrogens (tertiary/aromatic N) is 1. The summed E-state index contributed by atoms with van der Waals surface area (Å²) < 4.78 is 24.1. The van der Waals surface area contributed by atoms with Crippen molar-refractivity contribution in [2.75, 3.05) is 13.7 Å². The molecule has 1 heterocycles. The predicted molar refractivity (Wildman–Crippen MR) is 107 cm³/mol. The first kappa shape index (κ1) is 19.6. The molecule has 28 heavy (non-hydrogen) atoms. The van der Waals surface area contributed by atoms with Crippen molar-refractivity contribution < 1.29 is 18.7 Å². The normalized spacial score (nSPS) is 10.4. The van der Waals surface area contributed by atoms with Crippen LogP contribution in [0.4, 0.5) is 4.39 Å². The lowest BCUT2D eigenvalue weighted by molar-refractivity contribution is 0.0946. The highest BCUT2D eigenvalue weighted by Gasteiger charge is 2.14. The molecule has 0 unspecified atom stereocenters. The van der Waals surface area contributed by atoms with Crippen molar-refractivity contribution in [2.24, 2.45) is 0 Å². The van der Waals surface area contributed by atoms with Gasteiger partial charge in [0.1, 0.15) is 23.1 Å². The zero-order chi connectivity index (χ0) is 19.9. The molecule has 0 atom stereocenters. The summed E-state index contributed by atoms with van der Waals surface area (Å²) in [5, 5.41) is 5.12. The van der Waals surface area contributed by atoms with Crippen molar-refractivity contribution in [3.8, 4) is 22.1 Å². The summed E-state index contributed by atoms with van der Waals surface area (Å²) in [7, 11) is 1.56. The van der Waals surface area contributed by atoms with E-state index in [9.17, 15) is 9.18 Å². The molecule has 3 aromatic rings. The summed E-state index contributed by atoms with van der Waals surface area (Å²) in [6.45, 7) is 4.23. The Morgan fingerprint density at radius 3 is 2.89 bits per heavy atom. The minimum absolute atomic E-state index is 0.229. The molecule has 2 aromatic carbocycles. The molecule has 0 spiro atoms. The smallest absolute Gasteiger partial charge is 0.271 e. The summed E-state index contributed by atoms with van der Waals surface area (Å²) in [6, 6.07) is 11.6. The zero-order valence-electron chi connectivity index (χ0n) is 15.3. The van der Waals surface area contributed by atoms with Gasteiger partial charge in [0.25, 0.3) is 5.91 Å². The van der Waals surface area contributed by atoms with Gasteiger partial charge in [-0.15, -0.1) is 11.3 Å². The van der Waals surface area contributed by atoms with Crippen LogP contribution in [-0.2, 0) is 6.54 Å². The Labute approximate surface area is 166 Å². The summed E-state index contributed by atoms with van der Waals surface area (Å²) in [5.41, 5.74) is 1.81. The molecule has 144 valence electrons. The van der Waals surface area contributed by atoms with Gasteiger partial charge in [0.15, 0.2) is 11.5 Å². The maximum Gasteiger partial charge on any atom is 0.271 e. The Morgan fingerprint density at radius 1 is 1.29 bits per heavy atom. The molecule has 0 aliphatic heterocycles. The number of amides is 1. The number of methoxy groups -OCH3 is 1. The van der Waals surface area contributed by atoms with E-state index in [1.54, 1.807) is 36.8 Å². The molecule has 0 saturated heterocycles. The Bertz CT molecular complexity index is 987. The minimum atomic E-state index is -0.336. The SMILES string of the molecule is C=CCOc1ccc(-c2nc(C(=O)NCc3cccc(F)c3)cs2)cc1OC. The van der Waals surface area contributed by atoms with Crippen LogP contribution in [-0.4, -0.2) is 24.6 Å². The number of aromatic nitrogens is 1. The summed E-state index contributed by atoms with van der Waals surface area (Å²) in [4.78, 5) is 16.7. The lowest BCUT2D eigenvalue weighted by Gasteiger charge is -2.10. The molecule has 0 aliphatic rings. The molecule has 1 aromatic heterocycles. The fourth-order valence-corrected chi connectivity index (χ4v) is 3.30. The van der Waals surface area contributed by atoms with Gasteiger partial charge < -0.3 is 14.8 Å². The van der Waals surface area contributed by atoms with Crippen LogP contribution in [0.3, 0.4) is 0 Å². The third-order valence-electron chi connectivity index (χ3n) is 3.85. The lowest BCUT2D eigenvalue weighted by atomic mass is 10.2. The van der Waals surface area contributed by atoms with E-state index in [4.69, 9.17) is 9.47 Å². The third kappa shape index (κ3) is 4.75. The van der Waals surface area contributed by atoms with E-state index in [-0.39, 0.29) is 18.3 Å². The Kier molecular flexibility index (Phi) is 6.39. The van der Waals surface area contributed by atoms with Crippen molar-refractivity contribution in [3.63, 3.8) is 0 Å². The average Bonchev–Trinajstić information content (AvgIpc) is 3.21. The van der Waals surface area contributed by atoms with Crippen molar-refractivity contribution in [1.29, 1.82) is 0 Å². The van der Waals surface area contributed by atoms with E-state index < -0.39 is 0 Å². The van der Waals surface area contributed by atoms with E-state index in [1.165, 1.54) is 23.5 Å². The van der Waals surface area contributed by atoms with Gasteiger partial charge in [-0.1, -0.05) is 24.8 Å². The van der Waals surface area contributed by atoms with E-state index in [0.29, 0.717) is 34.4 Å². The molecule has 0 bridgehead atoms. The first-order valence-electron chi connectivity index (χ1n) is 8.51. The number of hydrogen-bond acceptors (Lipinski definition) is 5. The Morgan fingerprint density at radius 2 is 2.14 bits per heavy atom. The van der Waals surface area contributed by atoms with Crippen LogP contribution >= 0.6 is 11.3 Å². The Balaban J connectivity index is 1.70. The van der Waals surface area contributed by atoms with Crippen LogP contribution in [0.15, 0.2) is 60.5 Å². The van der Waals surface area contributed by atoms with Crippen LogP contribution in [0.2, 0.25) is 0 Å². The highest BCUT2D eigenvalue weighted by atomic mass is 32.1. The molecular weight excluding hydrogens is 379 g/mol. The van der Waals surface area contributed by atoms with Crippen LogP contribution in [0.25, 0.3) is 10.6 Å². The molecule has 0 fully saturated rings. The Hall–Kier alpha value is -3.19. The first-order chi connectivity index (χ1) is 13.6. The van der Waals surface area contributed by atoms with Crippen LogP contribution in [0.5, 0.6) is 11.5 Å². The largest absolute Gasteiger partial charge is 0.493 e. The fourth-order valence-electron chi connectivity index (χ4n) is 2.50. The van der Waals surface area contributed by atoms with Gasteiger partial charge in [-0.3, -0.25) is 4.79 Å². The van der Waals surface area contributed by atoms with Crippen molar-refractivity contribution in [1.82, 2.24) is 10.3 Å². The van der Waals surface area contributed by atoms with E-state index >= 15 is 0 Å². The van der Waals surface area contributed by atoms with E-state index in [2.05, 4.69) is 16.9 Å². The van der Waals surface area contributed by atoms with Gasteiger partial charge in [0, 0.05) is 17.5 Å². The molecular formula is C21H19FN2O3S. The minimum Gasteiger partial charge on any atom is -0.493 e. The molecule has 7 heteroatoms. The molecule has 5 nitrogen and oxygen atoms in total. The second-order valence-corrected chi connectivity index (χ2v) is 6.67. The first-order valence-corrected chi connectivity index (χ1v) is 9.39. The molecule has 3 rings (SSSR count). The summed E-state index contributed by atoms with van der Waals surface area (Å²) in [5.74, 6) is 0.532. The van der Waals surface area contributed by atoms with E-state index in [1.807, 2.05) is 12.1 Å². The maximum absolute atomic E-state index is 13.2. The van der Waals surface area contributed by atoms with Gasteiger partial charge in [0.05, 0.1) is 7.11 Å². The van der Waals surface area contributed by atoms with Gasteiger partial charge in [0.2, 0.25) is 0 Å². The van der Waals surface area contributed by atoms with Crippen molar-refractivity contribution in [3.05, 3.63) is 77.6 Å². The number of carbonyl (C=O) groups excluding carboxylic acids is 1. The predicted octanol–water partition coefficient (Wildman–Crippen LogP) is 4.45. The highest BCUT2D eigenvalue weighted by molar-refractivity contribution is 7.13.